The normalized spacial score (nSPS) is 13.2. The van der Waals surface area contributed by atoms with Crippen LogP contribution in [-0.4, -0.2) is 24.9 Å². The molecular weight excluding hydrogens is 182 g/mol. The van der Waals surface area contributed by atoms with Crippen LogP contribution in [0, 0.1) is 0 Å². The third-order valence-corrected chi connectivity index (χ3v) is 2.35. The molecule has 0 fully saturated rings. The van der Waals surface area contributed by atoms with E-state index in [0.717, 1.165) is 17.7 Å². The maximum Gasteiger partial charge on any atom is 0.411 e. The Bertz CT molecular complexity index is 376. The van der Waals surface area contributed by atoms with Gasteiger partial charge in [-0.2, -0.15) is 0 Å². The molecule has 0 radical (unpaired) electrons. The van der Waals surface area contributed by atoms with Gasteiger partial charge in [0.2, 0.25) is 0 Å². The van der Waals surface area contributed by atoms with Crippen LogP contribution in [-0.2, 0) is 6.42 Å². The first-order chi connectivity index (χ1) is 6.68. The summed E-state index contributed by atoms with van der Waals surface area (Å²) in [6.45, 7) is 0.690. The Kier molecular flexibility index (Phi) is 2.04. The Balaban J connectivity index is 2.33. The molecule has 1 amide bonds. The summed E-state index contributed by atoms with van der Waals surface area (Å²) in [5, 5.41) is 8.78. The van der Waals surface area contributed by atoms with Crippen molar-refractivity contribution in [1.82, 2.24) is 0 Å². The zero-order valence-electron chi connectivity index (χ0n) is 7.86. The highest BCUT2D eigenvalue weighted by molar-refractivity contribution is 5.85. The maximum atomic E-state index is 10.7. The summed E-state index contributed by atoms with van der Waals surface area (Å²) < 4.78 is 5.33. The van der Waals surface area contributed by atoms with Crippen LogP contribution in [0.3, 0.4) is 0 Å². The van der Waals surface area contributed by atoms with Gasteiger partial charge in [-0.15, -0.1) is 0 Å². The first-order valence-corrected chi connectivity index (χ1v) is 4.41. The predicted molar refractivity (Wildman–Crippen MR) is 52.1 cm³/mol. The van der Waals surface area contributed by atoms with Crippen molar-refractivity contribution in [3.63, 3.8) is 0 Å². The highest BCUT2D eigenvalue weighted by Gasteiger charge is 2.15. The molecule has 14 heavy (non-hydrogen) atoms. The molecule has 4 heteroatoms. The van der Waals surface area contributed by atoms with E-state index in [1.54, 1.807) is 6.07 Å². The largest absolute Gasteiger partial charge is 0.493 e. The van der Waals surface area contributed by atoms with Crippen molar-refractivity contribution in [2.45, 2.75) is 6.42 Å². The molecule has 0 saturated heterocycles. The van der Waals surface area contributed by atoms with Crippen LogP contribution in [0.5, 0.6) is 5.75 Å². The zero-order valence-corrected chi connectivity index (χ0v) is 7.86. The summed E-state index contributed by atoms with van der Waals surface area (Å²) >= 11 is 0. The Labute approximate surface area is 81.7 Å². The van der Waals surface area contributed by atoms with Gasteiger partial charge in [0.15, 0.2) is 0 Å². The first kappa shape index (κ1) is 8.87. The van der Waals surface area contributed by atoms with Crippen molar-refractivity contribution in [1.29, 1.82) is 0 Å². The summed E-state index contributed by atoms with van der Waals surface area (Å²) in [7, 11) is 1.53. The monoisotopic (exact) mass is 193 g/mol. The maximum absolute atomic E-state index is 10.7. The Morgan fingerprint density at radius 1 is 1.57 bits per heavy atom. The predicted octanol–water partition coefficient (Wildman–Crippen LogP) is 1.74. The highest BCUT2D eigenvalue weighted by atomic mass is 16.5. The van der Waals surface area contributed by atoms with Crippen molar-refractivity contribution >= 4 is 11.8 Å². The van der Waals surface area contributed by atoms with Gasteiger partial charge in [0.1, 0.15) is 5.75 Å². The van der Waals surface area contributed by atoms with Crippen LogP contribution in [0.15, 0.2) is 18.2 Å². The average Bonchev–Trinajstić information content (AvgIpc) is 2.62. The van der Waals surface area contributed by atoms with E-state index in [9.17, 15) is 4.79 Å². The summed E-state index contributed by atoms with van der Waals surface area (Å²) in [6, 6.07) is 5.42. The molecule has 0 atom stereocenters. The van der Waals surface area contributed by atoms with Gasteiger partial charge >= 0.3 is 6.09 Å². The fourth-order valence-corrected chi connectivity index (χ4v) is 1.49. The lowest BCUT2D eigenvalue weighted by atomic mass is 10.1. The molecule has 74 valence electrons. The number of carbonyl (C=O) groups is 1. The van der Waals surface area contributed by atoms with E-state index < -0.39 is 6.09 Å². The number of ether oxygens (including phenoxy) is 1. The number of anilines is 1. The summed E-state index contributed by atoms with van der Waals surface area (Å²) in [4.78, 5) is 11.9. The third-order valence-electron chi connectivity index (χ3n) is 2.35. The van der Waals surface area contributed by atoms with E-state index in [-0.39, 0.29) is 0 Å². The van der Waals surface area contributed by atoms with Gasteiger partial charge in [0, 0.05) is 19.2 Å². The molecule has 0 spiro atoms. The zero-order chi connectivity index (χ0) is 10.1. The molecule has 1 aliphatic rings. The molecule has 2 rings (SSSR count). The standard InChI is InChI=1S/C10H11NO3/c1-11(10(12)13)8-2-3-9-7(6-8)4-5-14-9/h2-3,6H,4-5H2,1H3,(H,12,13). The van der Waals surface area contributed by atoms with E-state index in [1.165, 1.54) is 11.9 Å². The van der Waals surface area contributed by atoms with E-state index in [2.05, 4.69) is 0 Å². The van der Waals surface area contributed by atoms with Crippen LogP contribution in [0.4, 0.5) is 10.5 Å². The van der Waals surface area contributed by atoms with Gasteiger partial charge in [-0.05, 0) is 23.8 Å². The molecule has 1 aromatic rings. The van der Waals surface area contributed by atoms with Gasteiger partial charge < -0.3 is 9.84 Å². The Morgan fingerprint density at radius 2 is 2.36 bits per heavy atom. The number of hydrogen-bond acceptors (Lipinski definition) is 2. The Morgan fingerprint density at radius 3 is 3.07 bits per heavy atom. The summed E-state index contributed by atoms with van der Waals surface area (Å²) in [5.41, 5.74) is 1.76. The van der Waals surface area contributed by atoms with E-state index in [0.29, 0.717) is 12.3 Å². The number of rotatable bonds is 1. The number of nitrogens with zero attached hydrogens (tertiary/aromatic N) is 1. The second-order valence-electron chi connectivity index (χ2n) is 3.23. The lowest BCUT2D eigenvalue weighted by Gasteiger charge is -2.13. The van der Waals surface area contributed by atoms with Crippen LogP contribution in [0.25, 0.3) is 0 Å². The number of hydrogen-bond donors (Lipinski definition) is 1. The molecular formula is C10H11NO3. The summed E-state index contributed by atoms with van der Waals surface area (Å²) in [5.74, 6) is 0.868. The molecule has 0 saturated carbocycles. The van der Waals surface area contributed by atoms with Gasteiger partial charge in [0.25, 0.3) is 0 Å². The summed E-state index contributed by atoms with van der Waals surface area (Å²) in [6.07, 6.45) is -0.0970. The topological polar surface area (TPSA) is 49.8 Å². The third kappa shape index (κ3) is 1.39. The molecule has 1 N–H and O–H groups in total. The van der Waals surface area contributed by atoms with Crippen LogP contribution >= 0.6 is 0 Å². The first-order valence-electron chi connectivity index (χ1n) is 4.41. The van der Waals surface area contributed by atoms with Crippen molar-refractivity contribution in [2.75, 3.05) is 18.6 Å². The quantitative estimate of drug-likeness (QED) is 0.739. The van der Waals surface area contributed by atoms with Gasteiger partial charge in [0.05, 0.1) is 6.61 Å². The van der Waals surface area contributed by atoms with Crippen molar-refractivity contribution in [2.24, 2.45) is 0 Å². The van der Waals surface area contributed by atoms with Crippen molar-refractivity contribution in [3.8, 4) is 5.75 Å². The van der Waals surface area contributed by atoms with Gasteiger partial charge in [-0.25, -0.2) is 4.79 Å². The molecule has 0 bridgehead atoms. The molecule has 1 aliphatic heterocycles. The number of benzene rings is 1. The van der Waals surface area contributed by atoms with E-state index in [1.807, 2.05) is 12.1 Å². The fraction of sp³-hybridized carbons (Fsp3) is 0.300. The van der Waals surface area contributed by atoms with Crippen LogP contribution < -0.4 is 9.64 Å². The molecule has 1 heterocycles. The lowest BCUT2D eigenvalue weighted by Crippen LogP contribution is -2.23. The smallest absolute Gasteiger partial charge is 0.411 e. The minimum Gasteiger partial charge on any atom is -0.493 e. The molecule has 0 aliphatic carbocycles. The van der Waals surface area contributed by atoms with Gasteiger partial charge in [-0.1, -0.05) is 0 Å². The lowest BCUT2D eigenvalue weighted by molar-refractivity contribution is 0.203. The van der Waals surface area contributed by atoms with Crippen LogP contribution in [0.1, 0.15) is 5.56 Å². The minimum atomic E-state index is -0.955. The van der Waals surface area contributed by atoms with E-state index >= 15 is 0 Å². The molecule has 0 unspecified atom stereocenters. The molecule has 1 aromatic carbocycles. The molecule has 4 nitrogen and oxygen atoms in total. The number of fused-ring (bicyclic) bond motifs is 1. The fourth-order valence-electron chi connectivity index (χ4n) is 1.49. The van der Waals surface area contributed by atoms with Crippen molar-refractivity contribution < 1.29 is 14.6 Å². The van der Waals surface area contributed by atoms with Gasteiger partial charge in [-0.3, -0.25) is 4.90 Å². The van der Waals surface area contributed by atoms with E-state index in [4.69, 9.17) is 9.84 Å². The second-order valence-corrected chi connectivity index (χ2v) is 3.23. The van der Waals surface area contributed by atoms with Crippen molar-refractivity contribution in [3.05, 3.63) is 23.8 Å². The number of carboxylic acid groups (broad SMARTS) is 1. The molecule has 0 aromatic heterocycles. The SMILES string of the molecule is CN(C(=O)O)c1ccc2c(c1)CCO2. The number of amides is 1. The second kappa shape index (κ2) is 3.21. The minimum absolute atomic E-state index is 0.682. The highest BCUT2D eigenvalue weighted by Crippen LogP contribution is 2.29. The Hall–Kier alpha value is -1.71. The van der Waals surface area contributed by atoms with Crippen LogP contribution in [0.2, 0.25) is 0 Å². The average molecular weight is 193 g/mol.